The van der Waals surface area contributed by atoms with E-state index in [1.54, 1.807) is 83.6 Å². The zero-order valence-electron chi connectivity index (χ0n) is 43.0. The van der Waals surface area contributed by atoms with Crippen LogP contribution in [0, 0.1) is 25.5 Å². The number of rotatable bonds is 16. The fraction of sp³-hybridized carbons (Fsp3) is 0.360. The zero-order chi connectivity index (χ0) is 55.5. The van der Waals surface area contributed by atoms with Crippen molar-refractivity contribution in [3.63, 3.8) is 0 Å². The van der Waals surface area contributed by atoms with E-state index in [1.807, 2.05) is 0 Å². The molecule has 0 bridgehead atoms. The Morgan fingerprint density at radius 2 is 0.885 bits per heavy atom. The lowest BCUT2D eigenvalue weighted by Gasteiger charge is -2.35. The Hall–Kier alpha value is -8.08. The summed E-state index contributed by atoms with van der Waals surface area (Å²) in [6.07, 6.45) is 2.08. The van der Waals surface area contributed by atoms with E-state index in [2.05, 4.69) is 40.3 Å². The molecule has 28 heteroatoms. The molecular weight excluding hydrogens is 1060 g/mol. The van der Waals surface area contributed by atoms with Crippen molar-refractivity contribution in [2.45, 2.75) is 60.9 Å². The van der Waals surface area contributed by atoms with Gasteiger partial charge in [-0.3, -0.25) is 9.13 Å². The van der Waals surface area contributed by atoms with Crippen LogP contribution in [0.25, 0.3) is 34.5 Å². The van der Waals surface area contributed by atoms with Crippen LogP contribution in [0.2, 0.25) is 0 Å². The summed E-state index contributed by atoms with van der Waals surface area (Å²) in [5.74, 6) is 2.43. The van der Waals surface area contributed by atoms with Crippen LogP contribution in [0.4, 0.5) is 20.7 Å². The molecule has 2 N–H and O–H groups in total. The van der Waals surface area contributed by atoms with E-state index in [4.69, 9.17) is 27.8 Å². The van der Waals surface area contributed by atoms with E-state index in [1.165, 1.54) is 38.2 Å². The van der Waals surface area contributed by atoms with Gasteiger partial charge in [-0.15, -0.1) is 20.4 Å². The molecule has 78 heavy (non-hydrogen) atoms. The number of piperidine rings is 2. The van der Waals surface area contributed by atoms with E-state index in [0.717, 1.165) is 24.8 Å². The van der Waals surface area contributed by atoms with Crippen molar-refractivity contribution >= 4 is 31.6 Å². The minimum Gasteiger partial charge on any atom is -0.494 e. The quantitative estimate of drug-likeness (QED) is 0.133. The van der Waals surface area contributed by atoms with Gasteiger partial charge in [-0.05, 0) is 75.2 Å². The highest BCUT2D eigenvalue weighted by Crippen LogP contribution is 2.39. The zero-order valence-corrected chi connectivity index (χ0v) is 44.6. The predicted molar refractivity (Wildman–Crippen MR) is 276 cm³/mol. The number of β-amino-alcohol motifs (C(OH)–C–C–N with tert-alkyl or cyclic N) is 2. The van der Waals surface area contributed by atoms with Gasteiger partial charge in [0.2, 0.25) is 23.5 Å². The van der Waals surface area contributed by atoms with E-state index in [9.17, 15) is 35.8 Å². The van der Waals surface area contributed by atoms with Gasteiger partial charge in [0.05, 0.1) is 75.9 Å². The average Bonchev–Trinajstić information content (AvgIpc) is 4.26. The number of furan rings is 2. The van der Waals surface area contributed by atoms with Gasteiger partial charge in [0.25, 0.3) is 0 Å². The monoisotopic (exact) mass is 1120 g/mol. The maximum Gasteiger partial charge on any atom is 0.225 e. The fourth-order valence-electron chi connectivity index (χ4n) is 9.26. The molecule has 412 valence electrons. The third-order valence-corrected chi connectivity index (χ3v) is 16.9. The van der Waals surface area contributed by atoms with Crippen molar-refractivity contribution in [1.82, 2.24) is 49.5 Å². The summed E-state index contributed by atoms with van der Waals surface area (Å²) >= 11 is 0. The lowest BCUT2D eigenvalue weighted by Crippen LogP contribution is -2.49. The molecule has 0 unspecified atom stereocenters. The number of para-hydroxylation sites is 2. The van der Waals surface area contributed by atoms with Crippen molar-refractivity contribution in [2.75, 3.05) is 64.4 Å². The first-order chi connectivity index (χ1) is 37.4. The van der Waals surface area contributed by atoms with Crippen LogP contribution in [-0.2, 0) is 31.2 Å². The summed E-state index contributed by atoms with van der Waals surface area (Å²) in [5.41, 5.74) is 0.818. The largest absolute Gasteiger partial charge is 0.494 e. The van der Waals surface area contributed by atoms with Crippen molar-refractivity contribution in [3.05, 3.63) is 120 Å². The topological polar surface area (TPSA) is 291 Å². The van der Waals surface area contributed by atoms with Gasteiger partial charge in [-0.2, -0.15) is 0 Å². The van der Waals surface area contributed by atoms with Gasteiger partial charge in [-0.25, -0.2) is 45.6 Å². The van der Waals surface area contributed by atoms with Crippen molar-refractivity contribution < 1.29 is 63.6 Å². The Bertz CT molecular complexity index is 3340. The van der Waals surface area contributed by atoms with E-state index in [-0.39, 0.29) is 74.2 Å². The lowest BCUT2D eigenvalue weighted by atomic mass is 10.1. The second-order valence-electron chi connectivity index (χ2n) is 18.2. The average molecular weight is 1120 g/mol. The molecule has 4 atom stereocenters. The summed E-state index contributed by atoms with van der Waals surface area (Å²) in [7, 11) is -1.87. The molecular formula is C50H54F2N12O12S2. The van der Waals surface area contributed by atoms with Crippen LogP contribution in [0.15, 0.2) is 94.3 Å². The number of sulfone groups is 2. The first kappa shape index (κ1) is 54.7. The number of hydrogen-bond donors (Lipinski definition) is 2. The number of halogens is 2. The minimum atomic E-state index is -3.92. The smallest absolute Gasteiger partial charge is 0.225 e. The number of aromatic nitrogens is 10. The number of methoxy groups -OCH3 is 4. The van der Waals surface area contributed by atoms with Crippen LogP contribution in [0.1, 0.15) is 36.0 Å². The first-order valence-corrected chi connectivity index (χ1v) is 27.5. The molecule has 2 saturated heterocycles. The van der Waals surface area contributed by atoms with Crippen molar-refractivity contribution in [2.24, 2.45) is 0 Å². The van der Waals surface area contributed by atoms with Gasteiger partial charge in [-0.1, -0.05) is 12.1 Å². The summed E-state index contributed by atoms with van der Waals surface area (Å²) in [6.45, 7) is 3.83. The SMILES string of the molecule is COc1cccc(OC)c1-n1c(CS(=O)(=O)[C@@H]2C[C@H](O)CN(c3ncc(F)cn3)C2)nnc1-c1ccc(C)o1.COc1cccc(OC)c1-n1c(CS(=O)(=O)[C@H]2C[C@@H](O)CN(c3ncc(F)cn3)C2)nnc1-c1ccc(C)o1. The number of benzene rings is 2. The predicted octanol–water partition coefficient (Wildman–Crippen LogP) is 4.67. The minimum absolute atomic E-state index is 0.0103. The highest BCUT2D eigenvalue weighted by Gasteiger charge is 2.40. The highest BCUT2D eigenvalue weighted by molar-refractivity contribution is 7.91. The number of ether oxygens (including phenoxy) is 4. The van der Waals surface area contributed by atoms with Crippen molar-refractivity contribution in [3.8, 4) is 57.5 Å². The Labute approximate surface area is 446 Å². The van der Waals surface area contributed by atoms with Gasteiger partial charge in [0.1, 0.15) is 57.4 Å². The number of hydrogen-bond acceptors (Lipinski definition) is 22. The Balaban J connectivity index is 0.000000190. The van der Waals surface area contributed by atoms with Crippen LogP contribution in [0.3, 0.4) is 0 Å². The van der Waals surface area contributed by atoms with Gasteiger partial charge >= 0.3 is 0 Å². The molecule has 2 aliphatic heterocycles. The Kier molecular flexibility index (Phi) is 16.0. The fourth-order valence-corrected chi connectivity index (χ4v) is 12.7. The van der Waals surface area contributed by atoms with E-state index < -0.39 is 65.5 Å². The van der Waals surface area contributed by atoms with Crippen LogP contribution < -0.4 is 28.7 Å². The standard InChI is InChI=1S/2C25H27FN6O6S/c2*1-15-7-8-21(38-15)24-30-29-22(32(24)23-19(36-2)5-4-6-20(23)37-3)14-39(34,35)18-9-17(33)12-31(13-18)25-27-10-16(26)11-28-25/h2*4-8,10-11,17-18,33H,9,12-14H2,1-3H3/t2*17-,18+/m10/s1. The third-order valence-electron chi connectivity index (χ3n) is 12.9. The van der Waals surface area contributed by atoms with Crippen LogP contribution in [-0.4, -0.2) is 154 Å². The summed E-state index contributed by atoms with van der Waals surface area (Å²) < 4.78 is 119. The maximum atomic E-state index is 13.8. The summed E-state index contributed by atoms with van der Waals surface area (Å²) in [5, 5.41) is 36.1. The molecule has 2 aromatic carbocycles. The molecule has 8 aromatic rings. The van der Waals surface area contributed by atoms with E-state index in [0.29, 0.717) is 57.4 Å². The molecule has 6 aromatic heterocycles. The molecule has 24 nitrogen and oxygen atoms in total. The Morgan fingerprint density at radius 3 is 1.19 bits per heavy atom. The molecule has 0 spiro atoms. The number of aliphatic hydroxyl groups excluding tert-OH is 2. The van der Waals surface area contributed by atoms with Gasteiger partial charge in [0, 0.05) is 26.2 Å². The van der Waals surface area contributed by atoms with E-state index >= 15 is 0 Å². The molecule has 0 aliphatic carbocycles. The van der Waals surface area contributed by atoms with Crippen LogP contribution >= 0.6 is 0 Å². The first-order valence-electron chi connectivity index (χ1n) is 24.1. The van der Waals surface area contributed by atoms with Gasteiger partial charge in [0.15, 0.2) is 54.5 Å². The highest BCUT2D eigenvalue weighted by atomic mass is 32.2. The second kappa shape index (κ2) is 22.9. The maximum absolute atomic E-state index is 13.8. The van der Waals surface area contributed by atoms with Crippen LogP contribution in [0.5, 0.6) is 23.0 Å². The molecule has 0 amide bonds. The summed E-state index contributed by atoms with van der Waals surface area (Å²) in [6, 6.07) is 17.3. The normalized spacial score (nSPS) is 17.8. The molecule has 10 rings (SSSR count). The van der Waals surface area contributed by atoms with Gasteiger partial charge < -0.3 is 47.8 Å². The molecule has 8 heterocycles. The molecule has 2 fully saturated rings. The second-order valence-corrected chi connectivity index (χ2v) is 22.8. The lowest BCUT2D eigenvalue weighted by molar-refractivity contribution is 0.154. The third kappa shape index (κ3) is 11.6. The molecule has 0 saturated carbocycles. The van der Waals surface area contributed by atoms with Crippen molar-refractivity contribution in [1.29, 1.82) is 0 Å². The number of aryl methyl sites for hydroxylation is 2. The Morgan fingerprint density at radius 1 is 0.538 bits per heavy atom. The molecule has 2 aliphatic rings. The number of aliphatic hydroxyl groups is 2. The summed E-state index contributed by atoms with van der Waals surface area (Å²) in [4.78, 5) is 18.8. The number of anilines is 2. The molecule has 0 radical (unpaired) electrons. The number of nitrogens with zero attached hydrogens (tertiary/aromatic N) is 12.